The molecule has 0 bridgehead atoms. The molecule has 0 radical (unpaired) electrons. The van der Waals surface area contributed by atoms with Crippen molar-refractivity contribution < 1.29 is 9.84 Å². The Labute approximate surface area is 184 Å². The van der Waals surface area contributed by atoms with E-state index in [1.807, 2.05) is 22.9 Å². The number of fused-ring (bicyclic) bond motifs is 2. The molecule has 0 atom stereocenters. The fourth-order valence-corrected chi connectivity index (χ4v) is 4.53. The van der Waals surface area contributed by atoms with Crippen LogP contribution in [0.3, 0.4) is 0 Å². The standard InChI is InChI=1S/C21H25IN4O2Si/c1-29(2,3)10-9-28-13-26-18-8-7-15(22)11-16(18)20(25-26)21-23-17-6-4-5-14(12-27)19(17)24-21/h4-8,11,27H,9-10,12-13H2,1-3H3,(H,23,24). The summed E-state index contributed by atoms with van der Waals surface area (Å²) in [6, 6.07) is 13.2. The summed E-state index contributed by atoms with van der Waals surface area (Å²) < 4.78 is 9.00. The number of ether oxygens (including phenoxy) is 1. The average Bonchev–Trinajstić information content (AvgIpc) is 3.25. The highest BCUT2D eigenvalue weighted by Crippen LogP contribution is 2.30. The predicted molar refractivity (Wildman–Crippen MR) is 128 cm³/mol. The lowest BCUT2D eigenvalue weighted by molar-refractivity contribution is 0.0818. The molecule has 0 aliphatic carbocycles. The summed E-state index contributed by atoms with van der Waals surface area (Å²) in [5.41, 5.74) is 4.30. The minimum Gasteiger partial charge on any atom is -0.392 e. The maximum atomic E-state index is 9.62. The van der Waals surface area contributed by atoms with Crippen molar-refractivity contribution in [3.63, 3.8) is 0 Å². The monoisotopic (exact) mass is 520 g/mol. The van der Waals surface area contributed by atoms with Crippen molar-refractivity contribution in [3.05, 3.63) is 45.5 Å². The fourth-order valence-electron chi connectivity index (χ4n) is 3.29. The van der Waals surface area contributed by atoms with Crippen molar-refractivity contribution in [2.75, 3.05) is 6.61 Å². The van der Waals surface area contributed by atoms with E-state index in [1.54, 1.807) is 0 Å². The Balaban J connectivity index is 1.72. The Morgan fingerprint density at radius 2 is 2.03 bits per heavy atom. The van der Waals surface area contributed by atoms with Crippen LogP contribution in [0.2, 0.25) is 25.7 Å². The van der Waals surface area contributed by atoms with Gasteiger partial charge in [-0.15, -0.1) is 0 Å². The largest absolute Gasteiger partial charge is 0.392 e. The van der Waals surface area contributed by atoms with Crippen LogP contribution in [0.5, 0.6) is 0 Å². The Kier molecular flexibility index (Phi) is 5.78. The van der Waals surface area contributed by atoms with Gasteiger partial charge in [0.2, 0.25) is 0 Å². The number of hydrogen-bond acceptors (Lipinski definition) is 4. The number of rotatable bonds is 7. The molecule has 0 unspecified atom stereocenters. The summed E-state index contributed by atoms with van der Waals surface area (Å²) in [6.07, 6.45) is 0. The van der Waals surface area contributed by atoms with Crippen molar-refractivity contribution in [2.45, 2.75) is 39.0 Å². The number of hydrogen-bond donors (Lipinski definition) is 2. The highest BCUT2D eigenvalue weighted by atomic mass is 127. The van der Waals surface area contributed by atoms with Gasteiger partial charge in [0.05, 0.1) is 23.2 Å². The number of benzene rings is 2. The summed E-state index contributed by atoms with van der Waals surface area (Å²) in [5.74, 6) is 0.703. The smallest absolute Gasteiger partial charge is 0.159 e. The summed E-state index contributed by atoms with van der Waals surface area (Å²) in [6.45, 7) is 8.18. The summed E-state index contributed by atoms with van der Waals surface area (Å²) >= 11 is 2.31. The molecule has 0 amide bonds. The summed E-state index contributed by atoms with van der Waals surface area (Å²) in [7, 11) is -1.12. The molecule has 29 heavy (non-hydrogen) atoms. The first-order valence-electron chi connectivity index (χ1n) is 9.68. The van der Waals surface area contributed by atoms with Crippen molar-refractivity contribution in [3.8, 4) is 11.5 Å². The van der Waals surface area contributed by atoms with Crippen molar-refractivity contribution in [1.29, 1.82) is 0 Å². The topological polar surface area (TPSA) is 76.0 Å². The second-order valence-electron chi connectivity index (χ2n) is 8.41. The third kappa shape index (κ3) is 4.40. The molecule has 0 saturated carbocycles. The van der Waals surface area contributed by atoms with Crippen LogP contribution in [0.25, 0.3) is 33.5 Å². The van der Waals surface area contributed by atoms with E-state index in [0.717, 1.165) is 49.4 Å². The molecule has 0 aliphatic rings. The Bertz CT molecular complexity index is 1160. The zero-order valence-electron chi connectivity index (χ0n) is 16.9. The van der Waals surface area contributed by atoms with Crippen LogP contribution in [0, 0.1) is 3.57 Å². The molecule has 4 aromatic rings. The van der Waals surface area contributed by atoms with Gasteiger partial charge < -0.3 is 14.8 Å². The normalized spacial score (nSPS) is 12.3. The van der Waals surface area contributed by atoms with E-state index in [4.69, 9.17) is 14.8 Å². The first kappa shape index (κ1) is 20.5. The predicted octanol–water partition coefficient (Wildman–Crippen LogP) is 4.99. The van der Waals surface area contributed by atoms with E-state index >= 15 is 0 Å². The quantitative estimate of drug-likeness (QED) is 0.205. The molecule has 0 fully saturated rings. The zero-order valence-corrected chi connectivity index (χ0v) is 20.0. The molecule has 0 aliphatic heterocycles. The molecule has 6 nitrogen and oxygen atoms in total. The van der Waals surface area contributed by atoms with Gasteiger partial charge >= 0.3 is 0 Å². The number of aromatic amines is 1. The Hall–Kier alpha value is -1.75. The third-order valence-electron chi connectivity index (χ3n) is 4.91. The number of aromatic nitrogens is 4. The molecular formula is C21H25IN4O2Si. The van der Waals surface area contributed by atoms with Gasteiger partial charge in [-0.05, 0) is 52.9 Å². The van der Waals surface area contributed by atoms with Crippen LogP contribution in [-0.2, 0) is 18.1 Å². The van der Waals surface area contributed by atoms with Gasteiger partial charge in [0, 0.05) is 29.2 Å². The molecule has 4 rings (SSSR count). The molecule has 2 aromatic heterocycles. The second kappa shape index (κ2) is 8.17. The number of nitrogens with zero attached hydrogens (tertiary/aromatic N) is 3. The van der Waals surface area contributed by atoms with E-state index in [0.29, 0.717) is 12.6 Å². The average molecular weight is 520 g/mol. The molecular weight excluding hydrogens is 495 g/mol. The van der Waals surface area contributed by atoms with Gasteiger partial charge in [0.25, 0.3) is 0 Å². The molecule has 8 heteroatoms. The molecule has 2 heterocycles. The third-order valence-corrected chi connectivity index (χ3v) is 7.29. The van der Waals surface area contributed by atoms with E-state index in [1.165, 1.54) is 0 Å². The molecule has 2 N–H and O–H groups in total. The van der Waals surface area contributed by atoms with Gasteiger partial charge in [-0.25, -0.2) is 9.67 Å². The maximum Gasteiger partial charge on any atom is 0.159 e. The zero-order chi connectivity index (χ0) is 20.6. The second-order valence-corrected chi connectivity index (χ2v) is 15.3. The lowest BCUT2D eigenvalue weighted by Crippen LogP contribution is -2.22. The number of para-hydroxylation sites is 1. The van der Waals surface area contributed by atoms with Crippen LogP contribution >= 0.6 is 22.6 Å². The van der Waals surface area contributed by atoms with Gasteiger partial charge in [-0.1, -0.05) is 31.8 Å². The highest BCUT2D eigenvalue weighted by Gasteiger charge is 2.18. The fraction of sp³-hybridized carbons (Fsp3) is 0.333. The van der Waals surface area contributed by atoms with Crippen molar-refractivity contribution in [1.82, 2.24) is 19.7 Å². The number of aliphatic hydroxyl groups is 1. The lowest BCUT2D eigenvalue weighted by atomic mass is 10.2. The van der Waals surface area contributed by atoms with Crippen molar-refractivity contribution in [2.24, 2.45) is 0 Å². The minimum atomic E-state index is -1.12. The van der Waals surface area contributed by atoms with Gasteiger partial charge in [-0.3, -0.25) is 0 Å². The van der Waals surface area contributed by atoms with E-state index < -0.39 is 8.07 Å². The number of aliphatic hydroxyl groups excluding tert-OH is 1. The number of imidazole rings is 1. The highest BCUT2D eigenvalue weighted by molar-refractivity contribution is 14.1. The number of halogens is 1. The van der Waals surface area contributed by atoms with Crippen LogP contribution in [-0.4, -0.2) is 39.5 Å². The minimum absolute atomic E-state index is 0.0420. The van der Waals surface area contributed by atoms with E-state index in [-0.39, 0.29) is 6.61 Å². The van der Waals surface area contributed by atoms with Crippen LogP contribution in [0.1, 0.15) is 5.56 Å². The molecule has 2 aromatic carbocycles. The number of nitrogens with one attached hydrogen (secondary N) is 1. The Morgan fingerprint density at radius 3 is 2.79 bits per heavy atom. The van der Waals surface area contributed by atoms with Crippen molar-refractivity contribution >= 4 is 52.6 Å². The van der Waals surface area contributed by atoms with Crippen LogP contribution in [0.4, 0.5) is 0 Å². The summed E-state index contributed by atoms with van der Waals surface area (Å²) in [5, 5.41) is 15.5. The summed E-state index contributed by atoms with van der Waals surface area (Å²) in [4.78, 5) is 8.11. The van der Waals surface area contributed by atoms with Gasteiger partial charge in [0.15, 0.2) is 5.82 Å². The first-order valence-corrected chi connectivity index (χ1v) is 14.5. The maximum absolute atomic E-state index is 9.62. The first-order chi connectivity index (χ1) is 13.9. The van der Waals surface area contributed by atoms with Crippen LogP contribution < -0.4 is 0 Å². The van der Waals surface area contributed by atoms with E-state index in [9.17, 15) is 5.11 Å². The van der Waals surface area contributed by atoms with Crippen LogP contribution in [0.15, 0.2) is 36.4 Å². The van der Waals surface area contributed by atoms with E-state index in [2.05, 4.69) is 65.4 Å². The molecule has 0 saturated heterocycles. The van der Waals surface area contributed by atoms with Gasteiger partial charge in [-0.2, -0.15) is 5.10 Å². The SMILES string of the molecule is C[Si](C)(C)CCOCn1nc(-c2nc3c(CO)cccc3[nH]2)c2cc(I)ccc21. The molecule has 0 spiro atoms. The Morgan fingerprint density at radius 1 is 1.21 bits per heavy atom. The lowest BCUT2D eigenvalue weighted by Gasteiger charge is -2.15. The number of H-pyrrole nitrogens is 1. The molecule has 152 valence electrons. The van der Waals surface area contributed by atoms with Gasteiger partial charge in [0.1, 0.15) is 12.4 Å².